The topological polar surface area (TPSA) is 87.7 Å². The number of aryl methyl sites for hydroxylation is 1. The van der Waals surface area contributed by atoms with Gasteiger partial charge >= 0.3 is 0 Å². The van der Waals surface area contributed by atoms with Crippen molar-refractivity contribution in [2.24, 2.45) is 0 Å². The van der Waals surface area contributed by atoms with E-state index >= 15 is 0 Å². The van der Waals surface area contributed by atoms with Crippen LogP contribution in [0, 0.1) is 6.92 Å². The summed E-state index contributed by atoms with van der Waals surface area (Å²) in [6, 6.07) is 9.80. The minimum Gasteiger partial charge on any atom is -0.482 e. The van der Waals surface area contributed by atoms with Gasteiger partial charge in [0.1, 0.15) is 11.0 Å². The molecule has 2 atom stereocenters. The van der Waals surface area contributed by atoms with Crippen molar-refractivity contribution in [3.8, 4) is 5.75 Å². The minimum absolute atomic E-state index is 0.0863. The van der Waals surface area contributed by atoms with Gasteiger partial charge in [0.25, 0.3) is 10.0 Å². The summed E-state index contributed by atoms with van der Waals surface area (Å²) in [5, 5.41) is 12.8. The molecule has 0 radical (unpaired) electrons. The van der Waals surface area contributed by atoms with Crippen molar-refractivity contribution in [3.63, 3.8) is 0 Å². The number of hydrogen-bond acceptors (Lipinski definition) is 5. The standard InChI is InChI=1S/C16H17ClN2O4S/c1-9-3-5-12(6-4-9)19-24(21,22)14-8-11(17)7-13-15(14)23-10(2)16(20)18-13/h3-8,10,16,18-20H,1-2H3. The Hall–Kier alpha value is -1.96. The van der Waals surface area contributed by atoms with Crippen LogP contribution < -0.4 is 14.8 Å². The predicted molar refractivity (Wildman–Crippen MR) is 93.2 cm³/mol. The van der Waals surface area contributed by atoms with Crippen LogP contribution in [-0.4, -0.2) is 25.9 Å². The SMILES string of the molecule is Cc1ccc(NS(=O)(=O)c2cc(Cl)cc3c2OC(C)C(O)N3)cc1. The number of sulfonamides is 1. The molecule has 2 aromatic rings. The fourth-order valence-electron chi connectivity index (χ4n) is 2.36. The van der Waals surface area contributed by atoms with Crippen LogP contribution in [-0.2, 0) is 10.0 Å². The van der Waals surface area contributed by atoms with Crippen molar-refractivity contribution in [1.82, 2.24) is 0 Å². The fourth-order valence-corrected chi connectivity index (χ4v) is 3.88. The fraction of sp³-hybridized carbons (Fsp3) is 0.250. The third-order valence-corrected chi connectivity index (χ3v) is 5.27. The highest BCUT2D eigenvalue weighted by Gasteiger charge is 2.31. The van der Waals surface area contributed by atoms with Crippen molar-refractivity contribution in [3.05, 3.63) is 47.0 Å². The molecule has 0 spiro atoms. The van der Waals surface area contributed by atoms with Crippen molar-refractivity contribution in [1.29, 1.82) is 0 Å². The molecule has 1 aliphatic heterocycles. The summed E-state index contributed by atoms with van der Waals surface area (Å²) in [5.41, 5.74) is 1.79. The van der Waals surface area contributed by atoms with E-state index in [2.05, 4.69) is 10.0 Å². The highest BCUT2D eigenvalue weighted by atomic mass is 35.5. The lowest BCUT2D eigenvalue weighted by molar-refractivity contribution is 0.0547. The maximum absolute atomic E-state index is 12.8. The van der Waals surface area contributed by atoms with Gasteiger partial charge in [-0.15, -0.1) is 0 Å². The number of ether oxygens (including phenoxy) is 1. The monoisotopic (exact) mass is 368 g/mol. The lowest BCUT2D eigenvalue weighted by atomic mass is 10.2. The summed E-state index contributed by atoms with van der Waals surface area (Å²) < 4.78 is 33.6. The number of rotatable bonds is 3. The van der Waals surface area contributed by atoms with Crippen LogP contribution in [0.3, 0.4) is 0 Å². The molecule has 0 bridgehead atoms. The zero-order valence-corrected chi connectivity index (χ0v) is 14.6. The van der Waals surface area contributed by atoms with Crippen LogP contribution in [0.4, 0.5) is 11.4 Å². The molecule has 2 unspecified atom stereocenters. The van der Waals surface area contributed by atoms with Crippen LogP contribution in [0.15, 0.2) is 41.3 Å². The van der Waals surface area contributed by atoms with E-state index in [1.54, 1.807) is 19.1 Å². The minimum atomic E-state index is -3.91. The molecule has 0 aliphatic carbocycles. The molecule has 0 amide bonds. The first-order chi connectivity index (χ1) is 11.3. The van der Waals surface area contributed by atoms with Gasteiger partial charge in [0, 0.05) is 10.7 Å². The molecule has 6 nitrogen and oxygen atoms in total. The van der Waals surface area contributed by atoms with Crippen LogP contribution in [0.5, 0.6) is 5.75 Å². The number of anilines is 2. The number of hydrogen-bond donors (Lipinski definition) is 3. The lowest BCUT2D eigenvalue weighted by Crippen LogP contribution is -2.39. The van der Waals surface area contributed by atoms with E-state index in [1.807, 2.05) is 19.1 Å². The molecular weight excluding hydrogens is 352 g/mol. The molecule has 0 saturated carbocycles. The molecule has 0 fully saturated rings. The van der Waals surface area contributed by atoms with Crippen molar-refractivity contribution >= 4 is 33.0 Å². The van der Waals surface area contributed by atoms with Gasteiger partial charge in [-0.25, -0.2) is 8.42 Å². The van der Waals surface area contributed by atoms with Gasteiger partial charge in [-0.05, 0) is 38.1 Å². The third-order valence-electron chi connectivity index (χ3n) is 3.66. The third kappa shape index (κ3) is 3.28. The van der Waals surface area contributed by atoms with E-state index in [9.17, 15) is 13.5 Å². The Labute approximate surface area is 145 Å². The Balaban J connectivity index is 2.03. The molecule has 8 heteroatoms. The van der Waals surface area contributed by atoms with E-state index in [0.717, 1.165) is 5.56 Å². The van der Waals surface area contributed by atoms with E-state index in [1.165, 1.54) is 12.1 Å². The summed E-state index contributed by atoms with van der Waals surface area (Å²) in [5.74, 6) is 0.136. The van der Waals surface area contributed by atoms with E-state index in [-0.39, 0.29) is 15.7 Å². The summed E-state index contributed by atoms with van der Waals surface area (Å²) in [4.78, 5) is -0.0863. The second-order valence-corrected chi connectivity index (χ2v) is 7.75. The molecule has 24 heavy (non-hydrogen) atoms. The van der Waals surface area contributed by atoms with Gasteiger partial charge in [-0.2, -0.15) is 0 Å². The maximum atomic E-state index is 12.8. The van der Waals surface area contributed by atoms with E-state index in [4.69, 9.17) is 16.3 Å². The predicted octanol–water partition coefficient (Wildman–Crippen LogP) is 2.96. The second kappa shape index (κ2) is 6.16. The molecule has 3 N–H and O–H groups in total. The van der Waals surface area contributed by atoms with Gasteiger partial charge in [-0.1, -0.05) is 29.3 Å². The van der Waals surface area contributed by atoms with Crippen LogP contribution in [0.2, 0.25) is 5.02 Å². The molecular formula is C16H17ClN2O4S. The van der Waals surface area contributed by atoms with Crippen LogP contribution in [0.25, 0.3) is 0 Å². The first-order valence-electron chi connectivity index (χ1n) is 7.30. The van der Waals surface area contributed by atoms with Gasteiger partial charge in [0.15, 0.2) is 12.0 Å². The smallest absolute Gasteiger partial charge is 0.265 e. The van der Waals surface area contributed by atoms with Crippen molar-refractivity contribution in [2.45, 2.75) is 31.1 Å². The first-order valence-corrected chi connectivity index (χ1v) is 9.17. The van der Waals surface area contributed by atoms with Crippen LogP contribution in [0.1, 0.15) is 12.5 Å². The zero-order chi connectivity index (χ0) is 17.5. The molecule has 128 valence electrons. The lowest BCUT2D eigenvalue weighted by Gasteiger charge is -2.31. The van der Waals surface area contributed by atoms with Crippen LogP contribution >= 0.6 is 11.6 Å². The number of nitrogens with one attached hydrogen (secondary N) is 2. The largest absolute Gasteiger partial charge is 0.482 e. The Bertz CT molecular complexity index is 868. The average Bonchev–Trinajstić information content (AvgIpc) is 2.50. The van der Waals surface area contributed by atoms with Crippen molar-refractivity contribution in [2.75, 3.05) is 10.0 Å². The molecule has 1 heterocycles. The summed E-state index contributed by atoms with van der Waals surface area (Å²) in [6.45, 7) is 3.55. The number of aliphatic hydroxyl groups is 1. The molecule has 1 aliphatic rings. The van der Waals surface area contributed by atoms with E-state index in [0.29, 0.717) is 11.4 Å². The highest BCUT2D eigenvalue weighted by Crippen LogP contribution is 2.40. The normalized spacial score (nSPS) is 19.8. The first kappa shape index (κ1) is 16.9. The summed E-state index contributed by atoms with van der Waals surface area (Å²) in [7, 11) is -3.91. The summed E-state index contributed by atoms with van der Waals surface area (Å²) >= 11 is 6.03. The molecule has 0 aromatic heterocycles. The molecule has 2 aromatic carbocycles. The number of fused-ring (bicyclic) bond motifs is 1. The van der Waals surface area contributed by atoms with Gasteiger partial charge in [-0.3, -0.25) is 4.72 Å². The van der Waals surface area contributed by atoms with Crippen molar-refractivity contribution < 1.29 is 18.3 Å². The average molecular weight is 369 g/mol. The quantitative estimate of drug-likeness (QED) is 0.775. The number of halogens is 1. The highest BCUT2D eigenvalue weighted by molar-refractivity contribution is 7.92. The van der Waals surface area contributed by atoms with E-state index < -0.39 is 22.4 Å². The molecule has 3 rings (SSSR count). The maximum Gasteiger partial charge on any atom is 0.265 e. The van der Waals surface area contributed by atoms with Gasteiger partial charge in [0.05, 0.1) is 5.69 Å². The van der Waals surface area contributed by atoms with Gasteiger partial charge < -0.3 is 15.2 Å². The molecule has 0 saturated heterocycles. The Morgan fingerprint density at radius 1 is 1.25 bits per heavy atom. The Kier molecular flexibility index (Phi) is 4.33. The van der Waals surface area contributed by atoms with Gasteiger partial charge in [0.2, 0.25) is 0 Å². The number of benzene rings is 2. The Morgan fingerprint density at radius 2 is 1.92 bits per heavy atom. The Morgan fingerprint density at radius 3 is 2.58 bits per heavy atom. The second-order valence-electron chi connectivity index (χ2n) is 5.66. The number of aliphatic hydroxyl groups excluding tert-OH is 1. The zero-order valence-electron chi connectivity index (χ0n) is 13.1. The summed E-state index contributed by atoms with van der Waals surface area (Å²) in [6.07, 6.45) is -1.55.